The summed E-state index contributed by atoms with van der Waals surface area (Å²) in [6.45, 7) is 0. The van der Waals surface area contributed by atoms with E-state index in [0.29, 0.717) is 22.3 Å². The molecule has 126 valence electrons. The third-order valence-corrected chi connectivity index (χ3v) is 4.03. The van der Waals surface area contributed by atoms with Crippen molar-refractivity contribution in [3.05, 3.63) is 88.5 Å². The fourth-order valence-electron chi connectivity index (χ4n) is 2.73. The predicted molar refractivity (Wildman–Crippen MR) is 92.6 cm³/mol. The summed E-state index contributed by atoms with van der Waals surface area (Å²) in [5.74, 6) is -0.744. The average Bonchev–Trinajstić information content (AvgIpc) is 2.68. The van der Waals surface area contributed by atoms with Crippen LogP contribution in [0.4, 0.5) is 0 Å². The molecule has 0 aromatic heterocycles. The van der Waals surface area contributed by atoms with Crippen molar-refractivity contribution in [2.75, 3.05) is 0 Å². The molecule has 0 bridgehead atoms. The van der Waals surface area contributed by atoms with Gasteiger partial charge in [0.05, 0.1) is 0 Å². The molecule has 0 unspecified atom stereocenters. The zero-order valence-corrected chi connectivity index (χ0v) is 13.5. The van der Waals surface area contributed by atoms with E-state index in [2.05, 4.69) is 4.79 Å². The van der Waals surface area contributed by atoms with Crippen LogP contribution < -0.4 is 0 Å². The van der Waals surface area contributed by atoms with Crippen LogP contribution in [0.15, 0.2) is 60.7 Å². The average molecular weight is 344 g/mol. The van der Waals surface area contributed by atoms with Gasteiger partial charge in [0.1, 0.15) is 6.42 Å². The van der Waals surface area contributed by atoms with E-state index >= 15 is 0 Å². The van der Waals surface area contributed by atoms with Gasteiger partial charge in [-0.15, -0.1) is 0 Å². The van der Waals surface area contributed by atoms with Gasteiger partial charge in [-0.2, -0.15) is 4.79 Å². The maximum absolute atomic E-state index is 11.6. The van der Waals surface area contributed by atoms with E-state index in [4.69, 9.17) is 5.53 Å². The van der Waals surface area contributed by atoms with Crippen LogP contribution in [0.5, 0.6) is 0 Å². The Bertz CT molecular complexity index is 1010. The molecule has 0 amide bonds. The Morgan fingerprint density at radius 1 is 0.692 bits per heavy atom. The van der Waals surface area contributed by atoms with E-state index in [1.54, 1.807) is 48.5 Å². The molecule has 0 atom stereocenters. The van der Waals surface area contributed by atoms with Crippen molar-refractivity contribution < 1.29 is 24.0 Å². The van der Waals surface area contributed by atoms with Crippen molar-refractivity contribution >= 4 is 28.8 Å². The molecule has 2 aromatic carbocycles. The highest BCUT2D eigenvalue weighted by atomic mass is 16.1. The van der Waals surface area contributed by atoms with Crippen LogP contribution in [0, 0.1) is 0 Å². The van der Waals surface area contributed by atoms with Gasteiger partial charge in [-0.25, -0.2) is 0 Å². The summed E-state index contributed by atoms with van der Waals surface area (Å²) in [4.78, 5) is 48.2. The monoisotopic (exact) mass is 344 g/mol. The topological polar surface area (TPSA) is 105 Å². The molecule has 0 saturated carbocycles. The molecule has 4 rings (SSSR count). The van der Waals surface area contributed by atoms with E-state index < -0.39 is 0 Å². The van der Waals surface area contributed by atoms with E-state index in [-0.39, 0.29) is 35.3 Å². The number of ketones is 4. The van der Waals surface area contributed by atoms with Gasteiger partial charge in [-0.1, -0.05) is 48.5 Å². The van der Waals surface area contributed by atoms with E-state index in [1.165, 1.54) is 12.2 Å². The normalized spacial score (nSPS) is 14.8. The molecule has 0 spiro atoms. The number of hydrogen-bond acceptors (Lipinski definition) is 4. The predicted octanol–water partition coefficient (Wildman–Crippen LogP) is 2.75. The summed E-state index contributed by atoms with van der Waals surface area (Å²) >= 11 is 0. The standard InChI is InChI=1S/C10H6N2O2.C10H6O2/c11-12-8-5-9(13)6-3-1-2-4-7(6)10(8)14;11-9-5-6-10(12)8-4-2-1-3-7(8)9/h1-4H,5H2;1-6H. The van der Waals surface area contributed by atoms with Crippen molar-refractivity contribution in [3.63, 3.8) is 0 Å². The van der Waals surface area contributed by atoms with Gasteiger partial charge in [0.2, 0.25) is 0 Å². The van der Waals surface area contributed by atoms with Crippen molar-refractivity contribution in [3.8, 4) is 0 Å². The summed E-state index contributed by atoms with van der Waals surface area (Å²) < 4.78 is 0. The molecule has 2 aromatic rings. The van der Waals surface area contributed by atoms with Crippen molar-refractivity contribution in [2.45, 2.75) is 6.42 Å². The zero-order valence-electron chi connectivity index (χ0n) is 13.5. The molecule has 2 aliphatic rings. The lowest BCUT2D eigenvalue weighted by molar-refractivity contribution is -0.00890. The second kappa shape index (κ2) is 7.01. The summed E-state index contributed by atoms with van der Waals surface area (Å²) in [5, 5.41) is 0. The third kappa shape index (κ3) is 3.09. The quantitative estimate of drug-likeness (QED) is 0.541. The summed E-state index contributed by atoms with van der Waals surface area (Å²) in [5.41, 5.74) is 10.2. The van der Waals surface area contributed by atoms with Crippen LogP contribution in [0.3, 0.4) is 0 Å². The minimum atomic E-state index is -0.372. The molecule has 0 saturated heterocycles. The second-order valence-corrected chi connectivity index (χ2v) is 5.63. The molecule has 0 radical (unpaired) electrons. The first-order valence-corrected chi connectivity index (χ1v) is 7.76. The lowest BCUT2D eigenvalue weighted by atomic mass is 9.88. The molecule has 0 N–H and O–H groups in total. The number of allylic oxidation sites excluding steroid dienone is 2. The molecular formula is C20H12N2O4. The SMILES string of the molecule is O=C1C=CC(=O)c2ccccc21.[N-]=[N+]=C1CC(=O)c2ccccc2C1=O. The fraction of sp³-hybridized carbons (Fsp3) is 0.0500. The molecule has 26 heavy (non-hydrogen) atoms. The van der Waals surface area contributed by atoms with Gasteiger partial charge in [-0.05, 0) is 12.2 Å². The van der Waals surface area contributed by atoms with Gasteiger partial charge in [0, 0.05) is 22.3 Å². The highest BCUT2D eigenvalue weighted by Gasteiger charge is 2.34. The van der Waals surface area contributed by atoms with Crippen LogP contribution in [-0.2, 0) is 0 Å². The smallest absolute Gasteiger partial charge is 0.347 e. The number of carbonyl (C=O) groups excluding carboxylic acids is 4. The van der Waals surface area contributed by atoms with Crippen LogP contribution >= 0.6 is 0 Å². The lowest BCUT2D eigenvalue weighted by Crippen LogP contribution is -2.27. The Balaban J connectivity index is 0.000000152. The van der Waals surface area contributed by atoms with Gasteiger partial charge in [0.15, 0.2) is 17.3 Å². The van der Waals surface area contributed by atoms with Crippen LogP contribution in [0.1, 0.15) is 47.9 Å². The maximum atomic E-state index is 11.6. The summed E-state index contributed by atoms with van der Waals surface area (Å²) in [7, 11) is 0. The first kappa shape index (κ1) is 17.1. The van der Waals surface area contributed by atoms with Gasteiger partial charge < -0.3 is 5.53 Å². The van der Waals surface area contributed by atoms with Gasteiger partial charge in [0.25, 0.3) is 5.78 Å². The highest BCUT2D eigenvalue weighted by Crippen LogP contribution is 2.18. The van der Waals surface area contributed by atoms with Crippen molar-refractivity contribution in [2.24, 2.45) is 0 Å². The van der Waals surface area contributed by atoms with Gasteiger partial charge >= 0.3 is 5.71 Å². The Morgan fingerprint density at radius 3 is 1.65 bits per heavy atom. The summed E-state index contributed by atoms with van der Waals surface area (Å²) in [6, 6.07) is 13.4. The number of Topliss-reactive ketones (excluding diaryl/α,β-unsaturated/α-hetero) is 2. The molecule has 0 fully saturated rings. The van der Waals surface area contributed by atoms with Crippen LogP contribution in [0.2, 0.25) is 0 Å². The second-order valence-electron chi connectivity index (χ2n) is 5.63. The Morgan fingerprint density at radius 2 is 1.15 bits per heavy atom. The van der Waals surface area contributed by atoms with E-state index in [0.717, 1.165) is 0 Å². The zero-order chi connectivity index (χ0) is 18.7. The number of rotatable bonds is 0. The maximum Gasteiger partial charge on any atom is 0.347 e. The summed E-state index contributed by atoms with van der Waals surface area (Å²) in [6.07, 6.45) is 2.50. The van der Waals surface area contributed by atoms with Gasteiger partial charge in [-0.3, -0.25) is 19.2 Å². The number of fused-ring (bicyclic) bond motifs is 2. The van der Waals surface area contributed by atoms with Crippen LogP contribution in [0.25, 0.3) is 5.53 Å². The number of carbonyl (C=O) groups is 4. The first-order valence-electron chi connectivity index (χ1n) is 7.76. The van der Waals surface area contributed by atoms with E-state index in [1.807, 2.05) is 0 Å². The largest absolute Gasteiger partial charge is 0.361 e. The van der Waals surface area contributed by atoms with Crippen molar-refractivity contribution in [1.29, 1.82) is 0 Å². The molecule has 2 aliphatic carbocycles. The van der Waals surface area contributed by atoms with Crippen LogP contribution in [-0.4, -0.2) is 33.6 Å². The first-order chi connectivity index (χ1) is 12.5. The minimum Gasteiger partial charge on any atom is -0.361 e. The Kier molecular flexibility index (Phi) is 4.60. The lowest BCUT2D eigenvalue weighted by Gasteiger charge is -2.08. The Labute approximate surface area is 148 Å². The molecule has 0 heterocycles. The molecule has 0 aliphatic heterocycles. The Hall–Kier alpha value is -3.76. The van der Waals surface area contributed by atoms with E-state index in [9.17, 15) is 19.2 Å². The number of hydrogen-bond donors (Lipinski definition) is 0. The number of benzene rings is 2. The molecule has 6 heteroatoms. The fourth-order valence-corrected chi connectivity index (χ4v) is 2.73. The minimum absolute atomic E-state index is 0.0892. The number of nitrogens with zero attached hydrogens (tertiary/aromatic N) is 2. The molecule has 6 nitrogen and oxygen atoms in total. The third-order valence-electron chi connectivity index (χ3n) is 4.03. The van der Waals surface area contributed by atoms with Crippen molar-refractivity contribution in [1.82, 2.24) is 0 Å². The molecular weight excluding hydrogens is 332 g/mol. The highest BCUT2D eigenvalue weighted by molar-refractivity contribution is 6.50.